The maximum atomic E-state index is 12.3. The summed E-state index contributed by atoms with van der Waals surface area (Å²) in [5, 5.41) is 4.76. The molecule has 4 rings (SSSR count). The van der Waals surface area contributed by atoms with Gasteiger partial charge in [-0.25, -0.2) is 9.78 Å². The average Bonchev–Trinajstić information content (AvgIpc) is 3.27. The van der Waals surface area contributed by atoms with Crippen molar-refractivity contribution >= 4 is 34.0 Å². The van der Waals surface area contributed by atoms with E-state index < -0.39 is 0 Å². The lowest BCUT2D eigenvalue weighted by Crippen LogP contribution is -2.15. The number of amides is 1. The second-order valence-corrected chi connectivity index (χ2v) is 6.51. The molecule has 0 fully saturated rings. The number of aromatic amines is 2. The largest absolute Gasteiger partial charge is 0.440 e. The molecule has 0 unspecified atom stereocenters. The average molecular weight is 354 g/mol. The van der Waals surface area contributed by atoms with E-state index in [-0.39, 0.29) is 18.0 Å². The molecule has 0 radical (unpaired) electrons. The monoisotopic (exact) mass is 354 g/mol. The number of thiophene rings is 1. The highest BCUT2D eigenvalue weighted by atomic mass is 32.1. The summed E-state index contributed by atoms with van der Waals surface area (Å²) in [5.41, 5.74) is 2.26. The second-order valence-electron chi connectivity index (χ2n) is 5.56. The molecule has 0 spiro atoms. The number of benzene rings is 1. The number of rotatable bonds is 4. The van der Waals surface area contributed by atoms with E-state index >= 15 is 0 Å². The Kier molecular flexibility index (Phi) is 3.73. The summed E-state index contributed by atoms with van der Waals surface area (Å²) in [7, 11) is 0. The number of anilines is 1. The zero-order valence-electron chi connectivity index (χ0n) is 13.3. The molecule has 1 aromatic carbocycles. The van der Waals surface area contributed by atoms with Gasteiger partial charge in [-0.15, -0.1) is 11.3 Å². The molecule has 0 aliphatic carbocycles. The Morgan fingerprint density at radius 2 is 2.12 bits per heavy atom. The van der Waals surface area contributed by atoms with Gasteiger partial charge < -0.3 is 19.7 Å². The first-order valence-electron chi connectivity index (χ1n) is 7.60. The SMILES string of the molecule is Cc1oc(-c2cccs2)nc1CC(=O)Nc1ccc2[nH]c(=O)[nH]c2c1. The number of carbonyl (C=O) groups excluding carboxylic acids is 1. The van der Waals surface area contributed by atoms with E-state index in [1.54, 1.807) is 25.1 Å². The Hall–Kier alpha value is -3.13. The van der Waals surface area contributed by atoms with Gasteiger partial charge in [0.05, 0.1) is 28.0 Å². The van der Waals surface area contributed by atoms with Crippen molar-refractivity contribution in [2.75, 3.05) is 5.32 Å². The number of aromatic nitrogens is 3. The van der Waals surface area contributed by atoms with Crippen molar-refractivity contribution in [1.82, 2.24) is 15.0 Å². The molecule has 7 nitrogen and oxygen atoms in total. The zero-order chi connectivity index (χ0) is 17.4. The molecule has 3 aromatic heterocycles. The van der Waals surface area contributed by atoms with Crippen LogP contribution in [0.4, 0.5) is 5.69 Å². The highest BCUT2D eigenvalue weighted by Gasteiger charge is 2.15. The van der Waals surface area contributed by atoms with Crippen molar-refractivity contribution < 1.29 is 9.21 Å². The Morgan fingerprint density at radius 3 is 2.92 bits per heavy atom. The van der Waals surface area contributed by atoms with Crippen LogP contribution in [0, 0.1) is 6.92 Å². The number of imidazole rings is 1. The summed E-state index contributed by atoms with van der Waals surface area (Å²) < 4.78 is 5.65. The molecule has 0 aliphatic heterocycles. The highest BCUT2D eigenvalue weighted by Crippen LogP contribution is 2.26. The smallest absolute Gasteiger partial charge is 0.323 e. The lowest BCUT2D eigenvalue weighted by molar-refractivity contribution is -0.115. The number of hydrogen-bond acceptors (Lipinski definition) is 5. The molecule has 8 heteroatoms. The fraction of sp³-hybridized carbons (Fsp3) is 0.118. The van der Waals surface area contributed by atoms with Gasteiger partial charge in [-0.2, -0.15) is 0 Å². The van der Waals surface area contributed by atoms with Crippen LogP contribution in [-0.2, 0) is 11.2 Å². The van der Waals surface area contributed by atoms with Crippen LogP contribution in [0.2, 0.25) is 0 Å². The molecule has 3 heterocycles. The van der Waals surface area contributed by atoms with Crippen molar-refractivity contribution in [3.63, 3.8) is 0 Å². The van der Waals surface area contributed by atoms with Gasteiger partial charge in [-0.3, -0.25) is 4.79 Å². The van der Waals surface area contributed by atoms with E-state index in [0.717, 1.165) is 4.88 Å². The van der Waals surface area contributed by atoms with Crippen LogP contribution in [0.5, 0.6) is 0 Å². The molecule has 0 aliphatic rings. The van der Waals surface area contributed by atoms with Crippen molar-refractivity contribution in [2.24, 2.45) is 0 Å². The maximum Gasteiger partial charge on any atom is 0.323 e. The molecule has 0 saturated heterocycles. The molecule has 0 atom stereocenters. The van der Waals surface area contributed by atoms with Crippen molar-refractivity contribution in [1.29, 1.82) is 0 Å². The second kappa shape index (κ2) is 6.06. The first kappa shape index (κ1) is 15.4. The van der Waals surface area contributed by atoms with Crippen LogP contribution in [0.15, 0.2) is 44.9 Å². The van der Waals surface area contributed by atoms with Gasteiger partial charge in [-0.1, -0.05) is 6.07 Å². The summed E-state index contributed by atoms with van der Waals surface area (Å²) in [6.07, 6.45) is 0.113. The zero-order valence-corrected chi connectivity index (χ0v) is 14.1. The number of oxazole rings is 1. The van der Waals surface area contributed by atoms with Crippen LogP contribution >= 0.6 is 11.3 Å². The lowest BCUT2D eigenvalue weighted by atomic mass is 10.2. The molecular weight excluding hydrogens is 340 g/mol. The summed E-state index contributed by atoms with van der Waals surface area (Å²) >= 11 is 1.53. The van der Waals surface area contributed by atoms with E-state index in [9.17, 15) is 9.59 Å². The summed E-state index contributed by atoms with van der Waals surface area (Å²) in [5.74, 6) is 0.956. The highest BCUT2D eigenvalue weighted by molar-refractivity contribution is 7.13. The van der Waals surface area contributed by atoms with Gasteiger partial charge in [-0.05, 0) is 36.6 Å². The van der Waals surface area contributed by atoms with Gasteiger partial charge in [0.2, 0.25) is 11.8 Å². The van der Waals surface area contributed by atoms with Crippen LogP contribution < -0.4 is 11.0 Å². The van der Waals surface area contributed by atoms with E-state index in [1.165, 1.54) is 11.3 Å². The topological polar surface area (TPSA) is 104 Å². The molecule has 4 aromatic rings. The molecule has 1 amide bonds. The van der Waals surface area contributed by atoms with Crippen molar-refractivity contribution in [2.45, 2.75) is 13.3 Å². The lowest BCUT2D eigenvalue weighted by Gasteiger charge is -2.04. The number of nitrogens with zero attached hydrogens (tertiary/aromatic N) is 1. The first-order chi connectivity index (χ1) is 12.1. The van der Waals surface area contributed by atoms with Gasteiger partial charge in [0.15, 0.2) is 0 Å². The number of hydrogen-bond donors (Lipinski definition) is 3. The molecule has 0 saturated carbocycles. The van der Waals surface area contributed by atoms with Gasteiger partial charge in [0, 0.05) is 5.69 Å². The molecule has 3 N–H and O–H groups in total. The van der Waals surface area contributed by atoms with Gasteiger partial charge in [0.1, 0.15) is 5.76 Å². The number of H-pyrrole nitrogens is 2. The third-order valence-electron chi connectivity index (χ3n) is 3.75. The maximum absolute atomic E-state index is 12.3. The van der Waals surface area contributed by atoms with E-state index in [2.05, 4.69) is 20.3 Å². The van der Waals surface area contributed by atoms with Crippen LogP contribution in [0.1, 0.15) is 11.5 Å². The van der Waals surface area contributed by atoms with E-state index in [4.69, 9.17) is 4.42 Å². The third kappa shape index (κ3) is 3.11. The predicted molar refractivity (Wildman–Crippen MR) is 95.8 cm³/mol. The van der Waals surface area contributed by atoms with Gasteiger partial charge >= 0.3 is 5.69 Å². The minimum absolute atomic E-state index is 0.113. The fourth-order valence-electron chi connectivity index (χ4n) is 2.57. The summed E-state index contributed by atoms with van der Waals surface area (Å²) in [6, 6.07) is 9.02. The Labute approximate surface area is 145 Å². The third-order valence-corrected chi connectivity index (χ3v) is 4.61. The minimum Gasteiger partial charge on any atom is -0.440 e. The summed E-state index contributed by atoms with van der Waals surface area (Å²) in [6.45, 7) is 1.79. The standard InChI is InChI=1S/C17H14N4O3S/c1-9-12(19-16(24-9)14-3-2-6-25-14)8-15(22)18-10-4-5-11-13(7-10)21-17(23)20-11/h2-7H,8H2,1H3,(H,18,22)(H2,20,21,23). The Morgan fingerprint density at radius 1 is 1.28 bits per heavy atom. The first-order valence-corrected chi connectivity index (χ1v) is 8.48. The van der Waals surface area contributed by atoms with Crippen LogP contribution in [0.25, 0.3) is 21.8 Å². The number of fused-ring (bicyclic) bond motifs is 1. The predicted octanol–water partition coefficient (Wildman–Crippen LogP) is 3.06. The minimum atomic E-state index is -0.280. The number of carbonyl (C=O) groups is 1. The Balaban J connectivity index is 1.50. The van der Waals surface area contributed by atoms with Crippen molar-refractivity contribution in [3.8, 4) is 10.8 Å². The normalized spacial score (nSPS) is 11.1. The molecule has 126 valence electrons. The van der Waals surface area contributed by atoms with E-state index in [0.29, 0.717) is 34.1 Å². The van der Waals surface area contributed by atoms with Crippen molar-refractivity contribution in [3.05, 3.63) is 57.7 Å². The Bertz CT molecular complexity index is 1100. The summed E-state index contributed by atoms with van der Waals surface area (Å²) in [4.78, 5) is 34.2. The van der Waals surface area contributed by atoms with Crippen LogP contribution in [0.3, 0.4) is 0 Å². The molecular formula is C17H14N4O3S. The van der Waals surface area contributed by atoms with Gasteiger partial charge in [0.25, 0.3) is 0 Å². The quantitative estimate of drug-likeness (QED) is 0.524. The van der Waals surface area contributed by atoms with Crippen LogP contribution in [-0.4, -0.2) is 20.9 Å². The number of nitrogens with one attached hydrogen (secondary N) is 3. The number of aryl methyl sites for hydroxylation is 1. The fourth-order valence-corrected chi connectivity index (χ4v) is 3.21. The molecule has 25 heavy (non-hydrogen) atoms. The van der Waals surface area contributed by atoms with E-state index in [1.807, 2.05) is 17.5 Å². The molecule has 0 bridgehead atoms.